The normalized spacial score (nSPS) is 23.8. The van der Waals surface area contributed by atoms with E-state index < -0.39 is 6.10 Å². The molecule has 2 N–H and O–H groups in total. The van der Waals surface area contributed by atoms with Crippen LogP contribution in [0.25, 0.3) is 0 Å². The lowest BCUT2D eigenvalue weighted by Gasteiger charge is -2.02. The van der Waals surface area contributed by atoms with Crippen molar-refractivity contribution in [3.63, 3.8) is 0 Å². The molecule has 1 aliphatic rings. The molecule has 1 rings (SSSR count). The van der Waals surface area contributed by atoms with Crippen LogP contribution in [0.2, 0.25) is 0 Å². The van der Waals surface area contributed by atoms with Crippen molar-refractivity contribution in [1.29, 1.82) is 0 Å². The van der Waals surface area contributed by atoms with Crippen LogP contribution in [0, 0.1) is 0 Å². The topological polar surface area (TPSA) is 64.7 Å². The lowest BCUT2D eigenvalue weighted by atomic mass is 10.2. The maximum atomic E-state index is 10.7. The van der Waals surface area contributed by atoms with Crippen LogP contribution >= 0.6 is 0 Å². The molecule has 0 aliphatic carbocycles. The average molecular weight is 140 g/mol. The minimum absolute atomic E-state index is 0.0446. The summed E-state index contributed by atoms with van der Waals surface area (Å²) in [5.41, 5.74) is 5.12. The van der Waals surface area contributed by atoms with Crippen molar-refractivity contribution < 1.29 is 9.53 Å². The van der Waals surface area contributed by atoms with Gasteiger partial charge in [-0.3, -0.25) is 4.79 Å². The molecule has 0 aromatic carbocycles. The van der Waals surface area contributed by atoms with Gasteiger partial charge in [-0.15, -0.1) is 6.58 Å². The minimum Gasteiger partial charge on any atom is -0.451 e. The van der Waals surface area contributed by atoms with E-state index in [1.165, 1.54) is 0 Å². The Labute approximate surface area is 58.4 Å². The van der Waals surface area contributed by atoms with E-state index in [1.807, 2.05) is 0 Å². The minimum atomic E-state index is -0.530. The molecular formula is C6H8N2O2. The summed E-state index contributed by atoms with van der Waals surface area (Å²) >= 11 is 0. The van der Waals surface area contributed by atoms with Gasteiger partial charge in [-0.2, -0.15) is 4.99 Å². The lowest BCUT2D eigenvalue weighted by molar-refractivity contribution is -0.122. The van der Waals surface area contributed by atoms with E-state index in [2.05, 4.69) is 11.6 Å². The fraction of sp³-hybridized carbons (Fsp3) is 0.333. The summed E-state index contributed by atoms with van der Waals surface area (Å²) in [6, 6.07) is -0.0446. The van der Waals surface area contributed by atoms with Crippen molar-refractivity contribution in [3.05, 3.63) is 12.7 Å². The number of carbonyl (C=O) groups excluding carboxylic acids is 1. The summed E-state index contributed by atoms with van der Waals surface area (Å²) < 4.78 is 4.82. The number of aliphatic imine (C=N–C) groups is 1. The first kappa shape index (κ1) is 6.80. The molecule has 1 amide bonds. The van der Waals surface area contributed by atoms with Gasteiger partial charge in [0, 0.05) is 6.42 Å². The SMILES string of the molecule is C=CC[C@H]1OC(N)=NC1=O. The second kappa shape index (κ2) is 2.51. The maximum absolute atomic E-state index is 10.7. The lowest BCUT2D eigenvalue weighted by Crippen LogP contribution is -2.19. The number of hydrogen-bond acceptors (Lipinski definition) is 3. The zero-order valence-electron chi connectivity index (χ0n) is 5.41. The molecule has 0 unspecified atom stereocenters. The number of hydrogen-bond donors (Lipinski definition) is 1. The number of ether oxygens (including phenoxy) is 1. The highest BCUT2D eigenvalue weighted by Gasteiger charge is 2.25. The highest BCUT2D eigenvalue weighted by molar-refractivity contribution is 5.97. The second-order valence-electron chi connectivity index (χ2n) is 1.92. The zero-order valence-corrected chi connectivity index (χ0v) is 5.41. The molecule has 0 saturated carbocycles. The Morgan fingerprint density at radius 3 is 3.00 bits per heavy atom. The van der Waals surface area contributed by atoms with Gasteiger partial charge in [0.15, 0.2) is 6.10 Å². The highest BCUT2D eigenvalue weighted by Crippen LogP contribution is 2.07. The molecule has 10 heavy (non-hydrogen) atoms. The van der Waals surface area contributed by atoms with Crippen molar-refractivity contribution in [2.24, 2.45) is 10.7 Å². The number of amides is 1. The Morgan fingerprint density at radius 1 is 1.90 bits per heavy atom. The zero-order chi connectivity index (χ0) is 7.56. The number of nitrogens with zero attached hydrogens (tertiary/aromatic N) is 1. The fourth-order valence-corrected chi connectivity index (χ4v) is 0.703. The summed E-state index contributed by atoms with van der Waals surface area (Å²) in [5.74, 6) is -0.322. The standard InChI is InChI=1S/C6H8N2O2/c1-2-3-4-5(9)8-6(7)10-4/h2,4H,1,3H2,(H2,7,8,9)/t4-/m1/s1. The molecule has 0 bridgehead atoms. The van der Waals surface area contributed by atoms with Crippen LogP contribution < -0.4 is 5.73 Å². The first-order valence-corrected chi connectivity index (χ1v) is 2.89. The van der Waals surface area contributed by atoms with Crippen molar-refractivity contribution in [2.45, 2.75) is 12.5 Å². The smallest absolute Gasteiger partial charge is 0.291 e. The van der Waals surface area contributed by atoms with E-state index in [0.717, 1.165) is 0 Å². The van der Waals surface area contributed by atoms with Crippen molar-refractivity contribution in [3.8, 4) is 0 Å². The van der Waals surface area contributed by atoms with Gasteiger partial charge >= 0.3 is 0 Å². The molecule has 4 heteroatoms. The molecule has 54 valence electrons. The van der Waals surface area contributed by atoms with Gasteiger partial charge in [0.1, 0.15) is 0 Å². The quantitative estimate of drug-likeness (QED) is 0.540. The first-order chi connectivity index (χ1) is 4.74. The molecule has 4 nitrogen and oxygen atoms in total. The van der Waals surface area contributed by atoms with E-state index in [4.69, 9.17) is 10.5 Å². The van der Waals surface area contributed by atoms with Gasteiger partial charge < -0.3 is 10.5 Å². The summed E-state index contributed by atoms with van der Waals surface area (Å²) in [4.78, 5) is 14.1. The van der Waals surface area contributed by atoms with Crippen LogP contribution in [0.4, 0.5) is 0 Å². The van der Waals surface area contributed by atoms with Gasteiger partial charge in [-0.25, -0.2) is 0 Å². The number of amidine groups is 1. The molecule has 1 atom stereocenters. The first-order valence-electron chi connectivity index (χ1n) is 2.89. The molecule has 1 heterocycles. The van der Waals surface area contributed by atoms with Crippen LogP contribution in [0.5, 0.6) is 0 Å². The molecule has 1 aliphatic heterocycles. The highest BCUT2D eigenvalue weighted by atomic mass is 16.5. The monoisotopic (exact) mass is 140 g/mol. The maximum Gasteiger partial charge on any atom is 0.291 e. The molecule has 0 aromatic rings. The summed E-state index contributed by atoms with van der Waals surface area (Å²) in [6.07, 6.45) is 1.53. The third-order valence-corrected chi connectivity index (χ3v) is 1.14. The average Bonchev–Trinajstić information content (AvgIpc) is 2.13. The van der Waals surface area contributed by atoms with Gasteiger partial charge in [0.05, 0.1) is 0 Å². The van der Waals surface area contributed by atoms with E-state index in [-0.39, 0.29) is 11.9 Å². The molecule has 0 aromatic heterocycles. The van der Waals surface area contributed by atoms with Crippen LogP contribution in [-0.4, -0.2) is 18.0 Å². The van der Waals surface area contributed by atoms with Crippen LogP contribution in [0.1, 0.15) is 6.42 Å². The predicted octanol–water partition coefficient (Wildman–Crippen LogP) is -0.197. The number of rotatable bonds is 2. The van der Waals surface area contributed by atoms with Gasteiger partial charge in [-0.1, -0.05) is 6.08 Å². The van der Waals surface area contributed by atoms with Gasteiger partial charge in [-0.05, 0) is 0 Å². The Bertz CT molecular complexity index is 198. The van der Waals surface area contributed by atoms with Gasteiger partial charge in [0.2, 0.25) is 0 Å². The molecule has 0 spiro atoms. The Kier molecular flexibility index (Phi) is 1.71. The Morgan fingerprint density at radius 2 is 2.60 bits per heavy atom. The molecule has 0 fully saturated rings. The largest absolute Gasteiger partial charge is 0.451 e. The fourth-order valence-electron chi connectivity index (χ4n) is 0.703. The van der Waals surface area contributed by atoms with Gasteiger partial charge in [0.25, 0.3) is 11.9 Å². The summed E-state index contributed by atoms with van der Waals surface area (Å²) in [6.45, 7) is 3.46. The van der Waals surface area contributed by atoms with Crippen LogP contribution in [0.3, 0.4) is 0 Å². The Balaban J connectivity index is 2.55. The van der Waals surface area contributed by atoms with Crippen molar-refractivity contribution in [1.82, 2.24) is 0 Å². The summed E-state index contributed by atoms with van der Waals surface area (Å²) in [7, 11) is 0. The molecular weight excluding hydrogens is 132 g/mol. The van der Waals surface area contributed by atoms with Crippen molar-refractivity contribution >= 4 is 11.9 Å². The van der Waals surface area contributed by atoms with E-state index in [9.17, 15) is 4.79 Å². The van der Waals surface area contributed by atoms with Crippen LogP contribution in [0.15, 0.2) is 17.6 Å². The summed E-state index contributed by atoms with van der Waals surface area (Å²) in [5, 5.41) is 0. The third-order valence-electron chi connectivity index (χ3n) is 1.14. The van der Waals surface area contributed by atoms with E-state index in [1.54, 1.807) is 6.08 Å². The van der Waals surface area contributed by atoms with Crippen molar-refractivity contribution in [2.75, 3.05) is 0 Å². The van der Waals surface area contributed by atoms with Crippen LogP contribution in [-0.2, 0) is 9.53 Å². The second-order valence-corrected chi connectivity index (χ2v) is 1.92. The molecule has 0 radical (unpaired) electrons. The third kappa shape index (κ3) is 1.15. The number of carbonyl (C=O) groups is 1. The van der Waals surface area contributed by atoms with E-state index in [0.29, 0.717) is 6.42 Å². The molecule has 0 saturated heterocycles. The van der Waals surface area contributed by atoms with E-state index >= 15 is 0 Å². The Hall–Kier alpha value is -1.32. The predicted molar refractivity (Wildman–Crippen MR) is 36.3 cm³/mol. The number of nitrogens with two attached hydrogens (primary N) is 1.